The molecule has 0 bridgehead atoms. The topological polar surface area (TPSA) is 75.8 Å². The van der Waals surface area contributed by atoms with Crippen LogP contribution in [-0.2, 0) is 11.3 Å². The minimum Gasteiger partial charge on any atom is -0.504 e. The van der Waals surface area contributed by atoms with Crippen molar-refractivity contribution in [2.24, 2.45) is 5.73 Å². The second kappa shape index (κ2) is 5.27. The van der Waals surface area contributed by atoms with Gasteiger partial charge in [-0.15, -0.1) is 0 Å². The first-order valence-electron chi connectivity index (χ1n) is 5.66. The summed E-state index contributed by atoms with van der Waals surface area (Å²) in [7, 11) is 3.17. The zero-order valence-electron chi connectivity index (χ0n) is 11.2. The third-order valence-electron chi connectivity index (χ3n) is 2.56. The van der Waals surface area contributed by atoms with E-state index in [-0.39, 0.29) is 11.7 Å². The number of nitrogens with zero attached hydrogens (tertiary/aromatic N) is 1. The lowest BCUT2D eigenvalue weighted by molar-refractivity contribution is -0.135. The van der Waals surface area contributed by atoms with E-state index >= 15 is 0 Å². The molecule has 3 N–H and O–H groups in total. The number of carbonyl (C=O) groups excluding carboxylic acids is 1. The number of ether oxygens (including phenoxy) is 1. The molecular weight excluding hydrogens is 232 g/mol. The summed E-state index contributed by atoms with van der Waals surface area (Å²) in [5.74, 6) is 0.313. The molecule has 0 unspecified atom stereocenters. The number of rotatable bonds is 4. The molecule has 0 saturated heterocycles. The number of amides is 1. The maximum Gasteiger partial charge on any atom is 0.242 e. The molecule has 0 fully saturated rings. The number of nitrogens with two attached hydrogens (primary N) is 1. The second-order valence-corrected chi connectivity index (χ2v) is 4.89. The van der Waals surface area contributed by atoms with Crippen LogP contribution in [0.4, 0.5) is 0 Å². The van der Waals surface area contributed by atoms with Crippen molar-refractivity contribution in [2.45, 2.75) is 25.9 Å². The minimum absolute atomic E-state index is 0.0582. The Kier molecular flexibility index (Phi) is 4.19. The number of hydrogen-bond acceptors (Lipinski definition) is 4. The predicted octanol–water partition coefficient (Wildman–Crippen LogP) is 1.10. The molecule has 0 spiro atoms. The molecule has 0 aromatic heterocycles. The summed E-state index contributed by atoms with van der Waals surface area (Å²) >= 11 is 0. The Balaban J connectivity index is 2.80. The van der Waals surface area contributed by atoms with Gasteiger partial charge in [-0.05, 0) is 31.5 Å². The van der Waals surface area contributed by atoms with Gasteiger partial charge in [0.25, 0.3) is 0 Å². The first-order chi connectivity index (χ1) is 8.25. The van der Waals surface area contributed by atoms with Crippen LogP contribution >= 0.6 is 0 Å². The van der Waals surface area contributed by atoms with Crippen LogP contribution in [0.15, 0.2) is 18.2 Å². The van der Waals surface area contributed by atoms with Crippen molar-refractivity contribution in [3.8, 4) is 11.5 Å². The number of carbonyl (C=O) groups is 1. The molecule has 0 radical (unpaired) electrons. The van der Waals surface area contributed by atoms with Crippen LogP contribution in [0.3, 0.4) is 0 Å². The van der Waals surface area contributed by atoms with E-state index in [1.165, 1.54) is 12.0 Å². The molecule has 18 heavy (non-hydrogen) atoms. The third kappa shape index (κ3) is 3.37. The molecule has 0 aliphatic rings. The first-order valence-corrected chi connectivity index (χ1v) is 5.66. The second-order valence-electron chi connectivity index (χ2n) is 4.89. The van der Waals surface area contributed by atoms with Crippen LogP contribution in [0, 0.1) is 0 Å². The summed E-state index contributed by atoms with van der Waals surface area (Å²) in [5, 5.41) is 9.65. The Morgan fingerprint density at radius 3 is 2.56 bits per heavy atom. The molecule has 0 atom stereocenters. The smallest absolute Gasteiger partial charge is 0.242 e. The van der Waals surface area contributed by atoms with Gasteiger partial charge < -0.3 is 20.5 Å². The highest BCUT2D eigenvalue weighted by Gasteiger charge is 2.25. The quantitative estimate of drug-likeness (QED) is 0.841. The fraction of sp³-hybridized carbons (Fsp3) is 0.462. The normalized spacial score (nSPS) is 11.2. The Labute approximate surface area is 107 Å². The summed E-state index contributed by atoms with van der Waals surface area (Å²) in [5.41, 5.74) is 5.66. The maximum absolute atomic E-state index is 11.9. The van der Waals surface area contributed by atoms with Crippen molar-refractivity contribution in [1.82, 2.24) is 4.90 Å². The zero-order chi connectivity index (χ0) is 13.9. The maximum atomic E-state index is 11.9. The molecule has 100 valence electrons. The Morgan fingerprint density at radius 2 is 2.11 bits per heavy atom. The Hall–Kier alpha value is -1.75. The summed E-state index contributed by atoms with van der Waals surface area (Å²) < 4.78 is 4.96. The fourth-order valence-electron chi connectivity index (χ4n) is 1.67. The van der Waals surface area contributed by atoms with Gasteiger partial charge in [-0.3, -0.25) is 4.79 Å². The molecule has 1 aromatic rings. The van der Waals surface area contributed by atoms with Gasteiger partial charge in [0.15, 0.2) is 11.5 Å². The Morgan fingerprint density at radius 1 is 1.50 bits per heavy atom. The van der Waals surface area contributed by atoms with E-state index in [0.717, 1.165) is 5.56 Å². The number of benzene rings is 1. The van der Waals surface area contributed by atoms with E-state index in [1.54, 1.807) is 39.1 Å². The zero-order valence-corrected chi connectivity index (χ0v) is 11.2. The van der Waals surface area contributed by atoms with Crippen LogP contribution in [-0.4, -0.2) is 35.6 Å². The van der Waals surface area contributed by atoms with E-state index < -0.39 is 5.54 Å². The van der Waals surface area contributed by atoms with Crippen LogP contribution < -0.4 is 10.5 Å². The van der Waals surface area contributed by atoms with E-state index in [2.05, 4.69) is 0 Å². The molecule has 1 rings (SSSR count). The summed E-state index contributed by atoms with van der Waals surface area (Å²) in [6.45, 7) is 3.71. The van der Waals surface area contributed by atoms with E-state index in [9.17, 15) is 9.90 Å². The van der Waals surface area contributed by atoms with Gasteiger partial charge in [0.1, 0.15) is 0 Å². The average Bonchev–Trinajstić information content (AvgIpc) is 2.27. The number of phenols is 1. The van der Waals surface area contributed by atoms with Crippen LogP contribution in [0.1, 0.15) is 19.4 Å². The van der Waals surface area contributed by atoms with Gasteiger partial charge >= 0.3 is 0 Å². The molecule has 0 aliphatic heterocycles. The summed E-state index contributed by atoms with van der Waals surface area (Å²) in [6, 6.07) is 5.04. The number of likely N-dealkylation sites (N-methyl/N-ethyl adjacent to an activating group) is 1. The molecule has 0 heterocycles. The average molecular weight is 252 g/mol. The van der Waals surface area contributed by atoms with Crippen LogP contribution in [0.25, 0.3) is 0 Å². The standard InChI is InChI=1S/C13H20N2O3/c1-13(2,14)12(17)15(3)8-9-5-6-11(18-4)10(16)7-9/h5-7,16H,8,14H2,1-4H3. The number of phenolic OH excluding ortho intramolecular Hbond substituents is 1. The van der Waals surface area contributed by atoms with Gasteiger partial charge in [0, 0.05) is 13.6 Å². The van der Waals surface area contributed by atoms with Crippen LogP contribution in [0.2, 0.25) is 0 Å². The van der Waals surface area contributed by atoms with Gasteiger partial charge in [-0.25, -0.2) is 0 Å². The number of methoxy groups -OCH3 is 1. The van der Waals surface area contributed by atoms with Gasteiger partial charge in [-0.1, -0.05) is 6.07 Å². The molecular formula is C13H20N2O3. The number of hydrogen-bond donors (Lipinski definition) is 2. The monoisotopic (exact) mass is 252 g/mol. The van der Waals surface area contributed by atoms with E-state index in [0.29, 0.717) is 12.3 Å². The van der Waals surface area contributed by atoms with Crippen molar-refractivity contribution in [3.05, 3.63) is 23.8 Å². The SMILES string of the molecule is COc1ccc(CN(C)C(=O)C(C)(C)N)cc1O. The largest absolute Gasteiger partial charge is 0.504 e. The molecule has 1 aromatic carbocycles. The predicted molar refractivity (Wildman–Crippen MR) is 69.4 cm³/mol. The lowest BCUT2D eigenvalue weighted by atomic mass is 10.1. The summed E-state index contributed by atoms with van der Waals surface area (Å²) in [4.78, 5) is 13.4. The molecule has 1 amide bonds. The first kappa shape index (κ1) is 14.3. The van der Waals surface area contributed by atoms with Crippen molar-refractivity contribution in [1.29, 1.82) is 0 Å². The van der Waals surface area contributed by atoms with Gasteiger partial charge in [-0.2, -0.15) is 0 Å². The minimum atomic E-state index is -0.900. The van der Waals surface area contributed by atoms with Gasteiger partial charge in [0.05, 0.1) is 12.6 Å². The van der Waals surface area contributed by atoms with Gasteiger partial charge in [0.2, 0.25) is 5.91 Å². The summed E-state index contributed by atoms with van der Waals surface area (Å²) in [6.07, 6.45) is 0. The third-order valence-corrected chi connectivity index (χ3v) is 2.56. The van der Waals surface area contributed by atoms with Crippen LogP contribution in [0.5, 0.6) is 11.5 Å². The molecule has 5 nitrogen and oxygen atoms in total. The lowest BCUT2D eigenvalue weighted by Crippen LogP contribution is -2.49. The highest BCUT2D eigenvalue weighted by atomic mass is 16.5. The number of aromatic hydroxyl groups is 1. The fourth-order valence-corrected chi connectivity index (χ4v) is 1.67. The Bertz CT molecular complexity index is 438. The van der Waals surface area contributed by atoms with Crippen molar-refractivity contribution < 1.29 is 14.6 Å². The van der Waals surface area contributed by atoms with Crippen molar-refractivity contribution in [3.63, 3.8) is 0 Å². The van der Waals surface area contributed by atoms with E-state index in [1.807, 2.05) is 0 Å². The highest BCUT2D eigenvalue weighted by Crippen LogP contribution is 2.26. The molecule has 5 heteroatoms. The highest BCUT2D eigenvalue weighted by molar-refractivity contribution is 5.84. The van der Waals surface area contributed by atoms with Crippen molar-refractivity contribution >= 4 is 5.91 Å². The van der Waals surface area contributed by atoms with Crippen molar-refractivity contribution in [2.75, 3.05) is 14.2 Å². The molecule has 0 saturated carbocycles. The molecule has 0 aliphatic carbocycles. The lowest BCUT2D eigenvalue weighted by Gasteiger charge is -2.26. The van der Waals surface area contributed by atoms with E-state index in [4.69, 9.17) is 10.5 Å².